The molecular weight excluding hydrogens is 252 g/mol. The number of benzene rings is 1. The predicted molar refractivity (Wildman–Crippen MR) is 79.9 cm³/mol. The van der Waals surface area contributed by atoms with Crippen molar-refractivity contribution < 1.29 is 10.2 Å². The second-order valence-corrected chi connectivity index (χ2v) is 5.46. The molecule has 20 heavy (non-hydrogen) atoms. The first kappa shape index (κ1) is 14.7. The zero-order valence-corrected chi connectivity index (χ0v) is 12.4. The number of nitrogens with zero attached hydrogens (tertiary/aromatic N) is 1. The number of para-hydroxylation sites is 1. The first-order valence-corrected chi connectivity index (χ1v) is 7.23. The molecule has 1 heterocycles. The van der Waals surface area contributed by atoms with Gasteiger partial charge in [-0.15, -0.1) is 0 Å². The van der Waals surface area contributed by atoms with Crippen LogP contribution < -0.4 is 15.8 Å². The lowest BCUT2D eigenvalue weighted by atomic mass is 10.2. The van der Waals surface area contributed by atoms with Gasteiger partial charge in [-0.05, 0) is 12.1 Å². The minimum atomic E-state index is -0.0457. The second kappa shape index (κ2) is 6.63. The SMILES string of the molecule is CC[C@@H]([NH2+]CC[NH+](C)C)c1nc2ccccc2c(=O)[nH]1. The van der Waals surface area contributed by atoms with Crippen LogP contribution in [0.2, 0.25) is 0 Å². The number of quaternary nitrogens is 2. The van der Waals surface area contributed by atoms with E-state index in [0.717, 1.165) is 30.9 Å². The fourth-order valence-electron chi connectivity index (χ4n) is 2.32. The monoisotopic (exact) mass is 276 g/mol. The van der Waals surface area contributed by atoms with Gasteiger partial charge in [-0.2, -0.15) is 0 Å². The molecule has 5 heteroatoms. The minimum Gasteiger partial charge on any atom is -0.335 e. The molecule has 1 aromatic heterocycles. The number of H-pyrrole nitrogens is 1. The van der Waals surface area contributed by atoms with Gasteiger partial charge in [0, 0.05) is 6.42 Å². The van der Waals surface area contributed by atoms with Crippen molar-refractivity contribution in [1.82, 2.24) is 9.97 Å². The van der Waals surface area contributed by atoms with Crippen LogP contribution in [0, 0.1) is 0 Å². The average Bonchev–Trinajstić information content (AvgIpc) is 2.43. The Kier molecular flexibility index (Phi) is 4.87. The first-order valence-electron chi connectivity index (χ1n) is 7.23. The Labute approximate surface area is 119 Å². The van der Waals surface area contributed by atoms with E-state index < -0.39 is 0 Å². The van der Waals surface area contributed by atoms with Gasteiger partial charge in [0.25, 0.3) is 5.56 Å². The molecule has 2 rings (SSSR count). The van der Waals surface area contributed by atoms with Gasteiger partial charge in [-0.25, -0.2) is 4.98 Å². The number of aromatic amines is 1. The van der Waals surface area contributed by atoms with Gasteiger partial charge in [0.1, 0.15) is 19.1 Å². The standard InChI is InChI=1S/C15H22N4O/c1-4-12(16-9-10-19(2)3)14-17-13-8-6-5-7-11(13)15(20)18-14/h5-8,12,16H,4,9-10H2,1-3H3,(H,17,18,20)/p+2/t12-/m1/s1. The summed E-state index contributed by atoms with van der Waals surface area (Å²) in [7, 11) is 4.29. The summed E-state index contributed by atoms with van der Waals surface area (Å²) in [5.41, 5.74) is 0.729. The minimum absolute atomic E-state index is 0.0457. The van der Waals surface area contributed by atoms with Crippen LogP contribution in [0.4, 0.5) is 0 Å². The molecule has 0 spiro atoms. The molecule has 5 nitrogen and oxygen atoms in total. The fraction of sp³-hybridized carbons (Fsp3) is 0.467. The largest absolute Gasteiger partial charge is 0.335 e. The Morgan fingerprint density at radius 3 is 2.80 bits per heavy atom. The zero-order chi connectivity index (χ0) is 14.5. The third kappa shape index (κ3) is 3.43. The lowest BCUT2D eigenvalue weighted by molar-refractivity contribution is -0.877. The van der Waals surface area contributed by atoms with Crippen molar-refractivity contribution in [1.29, 1.82) is 0 Å². The Balaban J connectivity index is 2.23. The summed E-state index contributed by atoms with van der Waals surface area (Å²) < 4.78 is 0. The number of fused-ring (bicyclic) bond motifs is 1. The number of likely N-dealkylation sites (N-methyl/N-ethyl adjacent to an activating group) is 1. The van der Waals surface area contributed by atoms with E-state index in [0.29, 0.717) is 5.39 Å². The summed E-state index contributed by atoms with van der Waals surface area (Å²) in [6, 6.07) is 7.70. The maximum atomic E-state index is 12.1. The lowest BCUT2D eigenvalue weighted by Gasteiger charge is -2.14. The van der Waals surface area contributed by atoms with Crippen LogP contribution in [0.1, 0.15) is 25.2 Å². The molecule has 2 aromatic rings. The van der Waals surface area contributed by atoms with Crippen LogP contribution >= 0.6 is 0 Å². The van der Waals surface area contributed by atoms with E-state index in [1.807, 2.05) is 24.3 Å². The van der Waals surface area contributed by atoms with E-state index in [1.54, 1.807) is 0 Å². The molecule has 0 saturated heterocycles. The molecule has 4 N–H and O–H groups in total. The van der Waals surface area contributed by atoms with Gasteiger partial charge in [0.15, 0.2) is 5.82 Å². The van der Waals surface area contributed by atoms with Crippen molar-refractivity contribution in [2.45, 2.75) is 19.4 Å². The lowest BCUT2D eigenvalue weighted by Crippen LogP contribution is -3.09. The molecule has 0 saturated carbocycles. The van der Waals surface area contributed by atoms with Gasteiger partial charge in [-0.3, -0.25) is 4.79 Å². The van der Waals surface area contributed by atoms with Gasteiger partial charge < -0.3 is 15.2 Å². The van der Waals surface area contributed by atoms with Crippen LogP contribution in [0.15, 0.2) is 29.1 Å². The molecule has 0 bridgehead atoms. The van der Waals surface area contributed by atoms with E-state index in [-0.39, 0.29) is 11.6 Å². The van der Waals surface area contributed by atoms with Crippen LogP contribution in [0.5, 0.6) is 0 Å². The molecule has 0 amide bonds. The number of hydrogen-bond donors (Lipinski definition) is 3. The highest BCUT2D eigenvalue weighted by molar-refractivity contribution is 5.77. The zero-order valence-electron chi connectivity index (χ0n) is 12.4. The van der Waals surface area contributed by atoms with E-state index in [9.17, 15) is 4.79 Å². The number of nitrogens with one attached hydrogen (secondary N) is 2. The van der Waals surface area contributed by atoms with E-state index in [2.05, 4.69) is 36.3 Å². The topological polar surface area (TPSA) is 66.8 Å². The molecule has 0 radical (unpaired) electrons. The van der Waals surface area contributed by atoms with Crippen molar-refractivity contribution in [2.24, 2.45) is 0 Å². The van der Waals surface area contributed by atoms with Crippen LogP contribution in [-0.4, -0.2) is 37.2 Å². The molecule has 0 aliphatic heterocycles. The van der Waals surface area contributed by atoms with Crippen molar-refractivity contribution in [3.63, 3.8) is 0 Å². The average molecular weight is 276 g/mol. The summed E-state index contributed by atoms with van der Waals surface area (Å²) in [5.74, 6) is 0.782. The van der Waals surface area contributed by atoms with Crippen molar-refractivity contribution >= 4 is 10.9 Å². The second-order valence-electron chi connectivity index (χ2n) is 5.46. The maximum Gasteiger partial charge on any atom is 0.258 e. The molecule has 1 aromatic carbocycles. The number of nitrogens with two attached hydrogens (primary N) is 1. The van der Waals surface area contributed by atoms with Gasteiger partial charge in [0.2, 0.25) is 0 Å². The number of hydrogen-bond acceptors (Lipinski definition) is 2. The van der Waals surface area contributed by atoms with Crippen molar-refractivity contribution in [2.75, 3.05) is 27.2 Å². The summed E-state index contributed by atoms with van der Waals surface area (Å²) in [5, 5.41) is 2.92. The van der Waals surface area contributed by atoms with Gasteiger partial charge in [0.05, 0.1) is 25.0 Å². The highest BCUT2D eigenvalue weighted by atomic mass is 16.1. The smallest absolute Gasteiger partial charge is 0.258 e. The van der Waals surface area contributed by atoms with E-state index >= 15 is 0 Å². The van der Waals surface area contributed by atoms with E-state index in [4.69, 9.17) is 0 Å². The third-order valence-electron chi connectivity index (χ3n) is 3.52. The fourth-order valence-corrected chi connectivity index (χ4v) is 2.32. The van der Waals surface area contributed by atoms with Crippen LogP contribution in [-0.2, 0) is 0 Å². The van der Waals surface area contributed by atoms with Crippen molar-refractivity contribution in [3.8, 4) is 0 Å². The predicted octanol–water partition coefficient (Wildman–Crippen LogP) is -0.918. The Morgan fingerprint density at radius 2 is 2.10 bits per heavy atom. The molecule has 0 aliphatic rings. The van der Waals surface area contributed by atoms with Crippen LogP contribution in [0.3, 0.4) is 0 Å². The molecule has 0 fully saturated rings. The highest BCUT2D eigenvalue weighted by Gasteiger charge is 2.16. The third-order valence-corrected chi connectivity index (χ3v) is 3.52. The number of rotatable bonds is 6. The summed E-state index contributed by atoms with van der Waals surface area (Å²) in [6.07, 6.45) is 0.948. The Morgan fingerprint density at radius 1 is 1.35 bits per heavy atom. The normalized spacial score (nSPS) is 13.0. The summed E-state index contributed by atoms with van der Waals surface area (Å²) >= 11 is 0. The molecule has 0 unspecified atom stereocenters. The van der Waals surface area contributed by atoms with Gasteiger partial charge >= 0.3 is 0 Å². The van der Waals surface area contributed by atoms with Crippen molar-refractivity contribution in [3.05, 3.63) is 40.4 Å². The maximum absolute atomic E-state index is 12.1. The van der Waals surface area contributed by atoms with Crippen LogP contribution in [0.25, 0.3) is 10.9 Å². The summed E-state index contributed by atoms with van der Waals surface area (Å²) in [4.78, 5) is 21.1. The quantitative estimate of drug-likeness (QED) is 0.639. The molecular formula is C15H24N4O+2. The first-order chi connectivity index (χ1) is 9.61. The molecule has 0 aliphatic carbocycles. The number of aromatic nitrogens is 2. The highest BCUT2D eigenvalue weighted by Crippen LogP contribution is 2.10. The molecule has 108 valence electrons. The van der Waals surface area contributed by atoms with Gasteiger partial charge in [-0.1, -0.05) is 19.1 Å². The molecule has 1 atom stereocenters. The Hall–Kier alpha value is -1.72. The van der Waals surface area contributed by atoms with E-state index in [1.165, 1.54) is 4.90 Å². The Bertz CT molecular complexity index is 621. The summed E-state index contributed by atoms with van der Waals surface area (Å²) in [6.45, 7) is 4.24.